The molecule has 0 N–H and O–H groups in total. The Labute approximate surface area is 129 Å². The van der Waals surface area contributed by atoms with Crippen molar-refractivity contribution >= 4 is 5.97 Å². The molecule has 3 rings (SSSR count). The van der Waals surface area contributed by atoms with Crippen LogP contribution in [0.15, 0.2) is 52.9 Å². The summed E-state index contributed by atoms with van der Waals surface area (Å²) in [7, 11) is 0. The Hall–Kier alpha value is -3.09. The molecule has 1 heterocycles. The Kier molecular flexibility index (Phi) is 4.09. The third kappa shape index (κ3) is 3.39. The standard InChI is InChI=1S/C16H10F2N2O3/c17-11-6-7-12(13(18)8-11)16(21)22-9-14-19-20-15(23-14)10-4-2-1-3-5-10/h1-8H,9H2. The zero-order valence-corrected chi connectivity index (χ0v) is 11.7. The highest BCUT2D eigenvalue weighted by Gasteiger charge is 2.16. The summed E-state index contributed by atoms with van der Waals surface area (Å²) < 4.78 is 36.5. The van der Waals surface area contributed by atoms with E-state index >= 15 is 0 Å². The van der Waals surface area contributed by atoms with Crippen LogP contribution >= 0.6 is 0 Å². The summed E-state index contributed by atoms with van der Waals surface area (Å²) in [5.74, 6) is -2.36. The first kappa shape index (κ1) is 14.8. The molecule has 0 bridgehead atoms. The fraction of sp³-hybridized carbons (Fsp3) is 0.0625. The maximum atomic E-state index is 13.5. The maximum absolute atomic E-state index is 13.5. The zero-order valence-electron chi connectivity index (χ0n) is 11.7. The fourth-order valence-electron chi connectivity index (χ4n) is 1.87. The Bertz CT molecular complexity index is 834. The van der Waals surface area contributed by atoms with E-state index in [0.717, 1.165) is 17.7 Å². The van der Waals surface area contributed by atoms with Gasteiger partial charge < -0.3 is 9.15 Å². The minimum atomic E-state index is -0.995. The second kappa shape index (κ2) is 6.35. The van der Waals surface area contributed by atoms with Crippen LogP contribution in [0.2, 0.25) is 0 Å². The molecule has 0 radical (unpaired) electrons. The molecule has 23 heavy (non-hydrogen) atoms. The second-order valence-corrected chi connectivity index (χ2v) is 4.57. The van der Waals surface area contributed by atoms with E-state index in [1.807, 2.05) is 18.2 Å². The van der Waals surface area contributed by atoms with Gasteiger partial charge in [-0.2, -0.15) is 0 Å². The highest BCUT2D eigenvalue weighted by molar-refractivity contribution is 5.89. The average molecular weight is 316 g/mol. The zero-order chi connectivity index (χ0) is 16.2. The highest BCUT2D eigenvalue weighted by Crippen LogP contribution is 2.18. The van der Waals surface area contributed by atoms with Crippen LogP contribution in [-0.4, -0.2) is 16.2 Å². The topological polar surface area (TPSA) is 65.2 Å². The normalized spacial score (nSPS) is 10.5. The minimum Gasteiger partial charge on any atom is -0.452 e. The van der Waals surface area contributed by atoms with E-state index in [-0.39, 0.29) is 24.0 Å². The van der Waals surface area contributed by atoms with E-state index in [1.165, 1.54) is 0 Å². The molecule has 0 fully saturated rings. The molecule has 0 spiro atoms. The van der Waals surface area contributed by atoms with Gasteiger partial charge in [0.05, 0.1) is 5.56 Å². The van der Waals surface area contributed by atoms with Crippen molar-refractivity contribution in [1.29, 1.82) is 0 Å². The number of hydrogen-bond donors (Lipinski definition) is 0. The van der Waals surface area contributed by atoms with Gasteiger partial charge in [-0.15, -0.1) is 10.2 Å². The Morgan fingerprint density at radius 3 is 2.61 bits per heavy atom. The van der Waals surface area contributed by atoms with Gasteiger partial charge in [-0.1, -0.05) is 18.2 Å². The van der Waals surface area contributed by atoms with Crippen LogP contribution in [0.4, 0.5) is 8.78 Å². The van der Waals surface area contributed by atoms with E-state index in [9.17, 15) is 13.6 Å². The summed E-state index contributed by atoms with van der Waals surface area (Å²) in [5, 5.41) is 7.58. The summed E-state index contributed by atoms with van der Waals surface area (Å²) in [6, 6.07) is 11.6. The van der Waals surface area contributed by atoms with Gasteiger partial charge in [0.15, 0.2) is 6.61 Å². The summed E-state index contributed by atoms with van der Waals surface area (Å²) in [4.78, 5) is 11.8. The predicted octanol–water partition coefficient (Wildman–Crippen LogP) is 3.37. The van der Waals surface area contributed by atoms with E-state index in [4.69, 9.17) is 9.15 Å². The third-order valence-electron chi connectivity index (χ3n) is 2.97. The molecule has 0 atom stereocenters. The monoisotopic (exact) mass is 316 g/mol. The van der Waals surface area contributed by atoms with Crippen molar-refractivity contribution in [2.75, 3.05) is 0 Å². The van der Waals surface area contributed by atoms with Crippen molar-refractivity contribution in [2.45, 2.75) is 6.61 Å². The smallest absolute Gasteiger partial charge is 0.341 e. The summed E-state index contributed by atoms with van der Waals surface area (Å²) in [5.41, 5.74) is 0.358. The van der Waals surface area contributed by atoms with Crippen LogP contribution in [0.1, 0.15) is 16.2 Å². The third-order valence-corrected chi connectivity index (χ3v) is 2.97. The number of carbonyl (C=O) groups is 1. The van der Waals surface area contributed by atoms with Crippen molar-refractivity contribution in [3.8, 4) is 11.5 Å². The molecule has 1 aromatic heterocycles. The van der Waals surface area contributed by atoms with Gasteiger partial charge in [0.1, 0.15) is 11.6 Å². The predicted molar refractivity (Wildman–Crippen MR) is 75.2 cm³/mol. The van der Waals surface area contributed by atoms with Gasteiger partial charge in [0.25, 0.3) is 5.89 Å². The van der Waals surface area contributed by atoms with E-state index in [0.29, 0.717) is 6.07 Å². The van der Waals surface area contributed by atoms with Crippen molar-refractivity contribution < 1.29 is 22.7 Å². The fourth-order valence-corrected chi connectivity index (χ4v) is 1.87. The summed E-state index contributed by atoms with van der Waals surface area (Å²) >= 11 is 0. The van der Waals surface area contributed by atoms with Crippen molar-refractivity contribution in [1.82, 2.24) is 10.2 Å². The molecule has 0 aliphatic heterocycles. The number of nitrogens with zero attached hydrogens (tertiary/aromatic N) is 2. The Morgan fingerprint density at radius 1 is 1.09 bits per heavy atom. The number of halogens is 2. The largest absolute Gasteiger partial charge is 0.452 e. The molecule has 3 aromatic rings. The Balaban J connectivity index is 1.67. The Morgan fingerprint density at radius 2 is 1.87 bits per heavy atom. The molecule has 0 aliphatic carbocycles. The first-order valence-electron chi connectivity index (χ1n) is 6.63. The molecule has 0 saturated carbocycles. The van der Waals surface area contributed by atoms with Gasteiger partial charge in [0, 0.05) is 11.6 Å². The lowest BCUT2D eigenvalue weighted by molar-refractivity contribution is 0.0433. The summed E-state index contributed by atoms with van der Waals surface area (Å²) in [6.45, 7) is -0.310. The van der Waals surface area contributed by atoms with Crippen molar-refractivity contribution in [3.63, 3.8) is 0 Å². The van der Waals surface area contributed by atoms with Crippen LogP contribution in [-0.2, 0) is 11.3 Å². The number of hydrogen-bond acceptors (Lipinski definition) is 5. The SMILES string of the molecule is O=C(OCc1nnc(-c2ccccc2)o1)c1ccc(F)cc1F. The highest BCUT2D eigenvalue weighted by atomic mass is 19.1. The molecule has 116 valence electrons. The summed E-state index contributed by atoms with van der Waals surface area (Å²) in [6.07, 6.45) is 0. The molecule has 7 heteroatoms. The van der Waals surface area contributed by atoms with Gasteiger partial charge >= 0.3 is 5.97 Å². The van der Waals surface area contributed by atoms with E-state index in [1.54, 1.807) is 12.1 Å². The lowest BCUT2D eigenvalue weighted by Gasteiger charge is -2.03. The minimum absolute atomic E-state index is 0.0692. The van der Waals surface area contributed by atoms with Crippen molar-refractivity contribution in [3.05, 3.63) is 71.6 Å². The average Bonchev–Trinajstić information content (AvgIpc) is 3.02. The number of ether oxygens (including phenoxy) is 1. The second-order valence-electron chi connectivity index (χ2n) is 4.57. The molecule has 0 saturated heterocycles. The molecule has 5 nitrogen and oxygen atoms in total. The lowest BCUT2D eigenvalue weighted by Crippen LogP contribution is -2.08. The van der Waals surface area contributed by atoms with E-state index in [2.05, 4.69) is 10.2 Å². The van der Waals surface area contributed by atoms with Crippen LogP contribution in [0.25, 0.3) is 11.5 Å². The van der Waals surface area contributed by atoms with Crippen LogP contribution in [0, 0.1) is 11.6 Å². The molecule has 2 aromatic carbocycles. The first-order chi connectivity index (χ1) is 11.1. The number of esters is 1. The first-order valence-corrected chi connectivity index (χ1v) is 6.63. The number of carbonyl (C=O) groups excluding carboxylic acids is 1. The van der Waals surface area contributed by atoms with Crippen LogP contribution in [0.5, 0.6) is 0 Å². The lowest BCUT2D eigenvalue weighted by atomic mass is 10.2. The molecule has 0 amide bonds. The van der Waals surface area contributed by atoms with Crippen LogP contribution in [0.3, 0.4) is 0 Å². The molecule has 0 unspecified atom stereocenters. The molecular weight excluding hydrogens is 306 g/mol. The van der Waals surface area contributed by atoms with Gasteiger partial charge in [-0.25, -0.2) is 13.6 Å². The van der Waals surface area contributed by atoms with Crippen molar-refractivity contribution in [2.24, 2.45) is 0 Å². The van der Waals surface area contributed by atoms with E-state index < -0.39 is 17.6 Å². The van der Waals surface area contributed by atoms with Gasteiger partial charge in [-0.3, -0.25) is 0 Å². The number of benzene rings is 2. The maximum Gasteiger partial charge on any atom is 0.341 e. The number of rotatable bonds is 4. The number of aromatic nitrogens is 2. The van der Waals surface area contributed by atoms with Crippen LogP contribution < -0.4 is 0 Å². The molecule has 0 aliphatic rings. The quantitative estimate of drug-likeness (QED) is 0.690. The van der Waals surface area contributed by atoms with Gasteiger partial charge in [-0.05, 0) is 24.3 Å². The molecular formula is C16H10F2N2O3. The van der Waals surface area contributed by atoms with Gasteiger partial charge in [0.2, 0.25) is 5.89 Å².